The molecule has 3 rings (SSSR count). The van der Waals surface area contributed by atoms with E-state index in [2.05, 4.69) is 0 Å². The van der Waals surface area contributed by atoms with Gasteiger partial charge in [0.2, 0.25) is 11.6 Å². The SMILES string of the molecule is COc1c(C2(N)CCCCC2)cc2c(c1F)OCCO2. The summed E-state index contributed by atoms with van der Waals surface area (Å²) in [6.45, 7) is 0.774. The molecule has 1 aromatic carbocycles. The third-order valence-electron chi connectivity index (χ3n) is 4.22. The van der Waals surface area contributed by atoms with Crippen LogP contribution in [0.15, 0.2) is 6.07 Å². The molecule has 0 bridgehead atoms. The highest BCUT2D eigenvalue weighted by atomic mass is 19.1. The number of nitrogens with two attached hydrogens (primary N) is 1. The van der Waals surface area contributed by atoms with Crippen molar-refractivity contribution in [2.45, 2.75) is 37.6 Å². The summed E-state index contributed by atoms with van der Waals surface area (Å²) >= 11 is 0. The predicted molar refractivity (Wildman–Crippen MR) is 72.9 cm³/mol. The molecule has 0 atom stereocenters. The summed E-state index contributed by atoms with van der Waals surface area (Å²) < 4.78 is 30.7. The van der Waals surface area contributed by atoms with E-state index in [1.54, 1.807) is 6.07 Å². The second kappa shape index (κ2) is 5.13. The summed E-state index contributed by atoms with van der Waals surface area (Å²) in [6.07, 6.45) is 4.95. The van der Waals surface area contributed by atoms with Crippen molar-refractivity contribution in [2.24, 2.45) is 5.73 Å². The van der Waals surface area contributed by atoms with Gasteiger partial charge in [-0.1, -0.05) is 19.3 Å². The zero-order valence-electron chi connectivity index (χ0n) is 11.7. The van der Waals surface area contributed by atoms with Crippen molar-refractivity contribution in [3.8, 4) is 17.2 Å². The number of halogens is 1. The number of methoxy groups -OCH3 is 1. The zero-order valence-corrected chi connectivity index (χ0v) is 11.7. The van der Waals surface area contributed by atoms with Gasteiger partial charge in [0.1, 0.15) is 13.2 Å². The number of ether oxygens (including phenoxy) is 3. The lowest BCUT2D eigenvalue weighted by molar-refractivity contribution is 0.160. The Morgan fingerprint density at radius 3 is 2.60 bits per heavy atom. The minimum absolute atomic E-state index is 0.135. The van der Waals surface area contributed by atoms with E-state index in [9.17, 15) is 4.39 Å². The summed E-state index contributed by atoms with van der Waals surface area (Å²) in [6, 6.07) is 1.79. The van der Waals surface area contributed by atoms with Crippen LogP contribution in [0.25, 0.3) is 0 Å². The first-order valence-electron chi connectivity index (χ1n) is 7.11. The first-order chi connectivity index (χ1) is 9.65. The van der Waals surface area contributed by atoms with Gasteiger partial charge < -0.3 is 19.9 Å². The largest absolute Gasteiger partial charge is 0.493 e. The van der Waals surface area contributed by atoms with Gasteiger partial charge in [0, 0.05) is 11.1 Å². The highest BCUT2D eigenvalue weighted by Gasteiger charge is 2.36. The Balaban J connectivity index is 2.11. The van der Waals surface area contributed by atoms with Crippen molar-refractivity contribution in [3.05, 3.63) is 17.4 Å². The molecule has 1 fully saturated rings. The van der Waals surface area contributed by atoms with E-state index in [1.807, 2.05) is 0 Å². The van der Waals surface area contributed by atoms with Gasteiger partial charge in [-0.3, -0.25) is 0 Å². The van der Waals surface area contributed by atoms with Gasteiger partial charge in [-0.2, -0.15) is 4.39 Å². The minimum atomic E-state index is -0.541. The predicted octanol–water partition coefficient (Wildman–Crippen LogP) is 2.72. The van der Waals surface area contributed by atoms with E-state index in [1.165, 1.54) is 13.5 Å². The third kappa shape index (κ3) is 2.10. The topological polar surface area (TPSA) is 53.7 Å². The van der Waals surface area contributed by atoms with Gasteiger partial charge in [-0.25, -0.2) is 0 Å². The normalized spacial score (nSPS) is 20.6. The second-order valence-electron chi connectivity index (χ2n) is 5.51. The van der Waals surface area contributed by atoms with Crippen LogP contribution in [0.1, 0.15) is 37.7 Å². The molecule has 0 amide bonds. The number of rotatable bonds is 2. The molecule has 2 aliphatic rings. The van der Waals surface area contributed by atoms with E-state index in [4.69, 9.17) is 19.9 Å². The second-order valence-corrected chi connectivity index (χ2v) is 5.51. The van der Waals surface area contributed by atoms with Crippen molar-refractivity contribution >= 4 is 0 Å². The number of hydrogen-bond acceptors (Lipinski definition) is 4. The van der Waals surface area contributed by atoms with Crippen LogP contribution in [-0.4, -0.2) is 20.3 Å². The highest BCUT2D eigenvalue weighted by molar-refractivity contribution is 5.55. The maximum atomic E-state index is 14.6. The average Bonchev–Trinajstić information content (AvgIpc) is 2.48. The summed E-state index contributed by atoms with van der Waals surface area (Å²) in [7, 11) is 1.46. The van der Waals surface area contributed by atoms with Gasteiger partial charge in [0.25, 0.3) is 0 Å². The first-order valence-corrected chi connectivity index (χ1v) is 7.11. The molecule has 0 spiro atoms. The minimum Gasteiger partial charge on any atom is -0.493 e. The lowest BCUT2D eigenvalue weighted by atomic mass is 9.77. The molecule has 20 heavy (non-hydrogen) atoms. The Morgan fingerprint density at radius 2 is 1.90 bits per heavy atom. The Kier molecular flexibility index (Phi) is 3.46. The van der Waals surface area contributed by atoms with Crippen molar-refractivity contribution in [1.29, 1.82) is 0 Å². The van der Waals surface area contributed by atoms with Gasteiger partial charge in [0.05, 0.1) is 7.11 Å². The van der Waals surface area contributed by atoms with E-state index in [-0.39, 0.29) is 11.5 Å². The fourth-order valence-electron chi connectivity index (χ4n) is 3.15. The van der Waals surface area contributed by atoms with Crippen LogP contribution in [0, 0.1) is 5.82 Å². The molecule has 1 aromatic rings. The molecule has 1 aliphatic heterocycles. The smallest absolute Gasteiger partial charge is 0.211 e. The van der Waals surface area contributed by atoms with Crippen LogP contribution in [0.2, 0.25) is 0 Å². The molecule has 0 aromatic heterocycles. The van der Waals surface area contributed by atoms with Crippen LogP contribution in [-0.2, 0) is 5.54 Å². The van der Waals surface area contributed by atoms with Crippen LogP contribution in [0.3, 0.4) is 0 Å². The Hall–Kier alpha value is -1.49. The standard InChI is InChI=1S/C15H20FNO3/c1-18-13-10(15(17)5-3-2-4-6-15)9-11-14(12(13)16)20-8-7-19-11/h9H,2-8,17H2,1H3. The van der Waals surface area contributed by atoms with Crippen molar-refractivity contribution in [3.63, 3.8) is 0 Å². The molecular formula is C15H20FNO3. The average molecular weight is 281 g/mol. The maximum Gasteiger partial charge on any atom is 0.211 e. The molecular weight excluding hydrogens is 261 g/mol. The van der Waals surface area contributed by atoms with E-state index in [0.29, 0.717) is 24.5 Å². The Morgan fingerprint density at radius 1 is 1.20 bits per heavy atom. The summed E-state index contributed by atoms with van der Waals surface area (Å²) in [5, 5.41) is 0. The fraction of sp³-hybridized carbons (Fsp3) is 0.600. The van der Waals surface area contributed by atoms with Crippen LogP contribution in [0.4, 0.5) is 4.39 Å². The van der Waals surface area contributed by atoms with Crippen LogP contribution < -0.4 is 19.9 Å². The highest BCUT2D eigenvalue weighted by Crippen LogP contribution is 2.47. The van der Waals surface area contributed by atoms with E-state index in [0.717, 1.165) is 25.7 Å². The van der Waals surface area contributed by atoms with Gasteiger partial charge in [0.15, 0.2) is 11.5 Å². The molecule has 1 saturated carbocycles. The number of hydrogen-bond donors (Lipinski definition) is 1. The maximum absolute atomic E-state index is 14.6. The summed E-state index contributed by atoms with van der Waals surface area (Å²) in [5.74, 6) is 0.255. The molecule has 1 aliphatic carbocycles. The zero-order chi connectivity index (χ0) is 14.2. The molecule has 110 valence electrons. The van der Waals surface area contributed by atoms with Crippen molar-refractivity contribution < 1.29 is 18.6 Å². The van der Waals surface area contributed by atoms with Gasteiger partial charge in [-0.15, -0.1) is 0 Å². The van der Waals surface area contributed by atoms with Gasteiger partial charge in [-0.05, 0) is 18.9 Å². The molecule has 4 nitrogen and oxygen atoms in total. The third-order valence-corrected chi connectivity index (χ3v) is 4.22. The summed E-state index contributed by atoms with van der Waals surface area (Å²) in [5.41, 5.74) is 6.67. The molecule has 5 heteroatoms. The lowest BCUT2D eigenvalue weighted by Gasteiger charge is -2.35. The van der Waals surface area contributed by atoms with Crippen LogP contribution >= 0.6 is 0 Å². The fourth-order valence-corrected chi connectivity index (χ4v) is 3.15. The molecule has 1 heterocycles. The Labute approximate surface area is 118 Å². The quantitative estimate of drug-likeness (QED) is 0.905. The van der Waals surface area contributed by atoms with E-state index < -0.39 is 11.4 Å². The monoisotopic (exact) mass is 281 g/mol. The molecule has 0 radical (unpaired) electrons. The summed E-state index contributed by atoms with van der Waals surface area (Å²) in [4.78, 5) is 0. The van der Waals surface area contributed by atoms with Crippen LogP contribution in [0.5, 0.6) is 17.2 Å². The van der Waals surface area contributed by atoms with E-state index >= 15 is 0 Å². The molecule has 0 saturated heterocycles. The molecule has 2 N–H and O–H groups in total. The van der Waals surface area contributed by atoms with Crippen molar-refractivity contribution in [2.75, 3.05) is 20.3 Å². The lowest BCUT2D eigenvalue weighted by Crippen LogP contribution is -2.39. The first kappa shape index (κ1) is 13.5. The number of fused-ring (bicyclic) bond motifs is 1. The van der Waals surface area contributed by atoms with Gasteiger partial charge >= 0.3 is 0 Å². The van der Waals surface area contributed by atoms with Crippen molar-refractivity contribution in [1.82, 2.24) is 0 Å². The Bertz CT molecular complexity index is 512. The molecule has 0 unspecified atom stereocenters. The number of benzene rings is 1.